The number of benzene rings is 1. The molecule has 4 nitrogen and oxygen atoms in total. The topological polar surface area (TPSA) is 50.7 Å². The number of rotatable bonds is 8. The lowest BCUT2D eigenvalue weighted by Crippen LogP contribution is -2.33. The van der Waals surface area contributed by atoms with Crippen molar-refractivity contribution in [3.8, 4) is 5.75 Å². The van der Waals surface area contributed by atoms with Crippen molar-refractivity contribution in [3.05, 3.63) is 29.0 Å². The zero-order valence-electron chi connectivity index (χ0n) is 10.2. The number of ether oxygens (including phenoxy) is 2. The van der Waals surface area contributed by atoms with Gasteiger partial charge in [0.05, 0.1) is 11.6 Å². The van der Waals surface area contributed by atoms with Crippen LogP contribution in [-0.4, -0.2) is 44.6 Å². The summed E-state index contributed by atoms with van der Waals surface area (Å²) in [5, 5.41) is 12.6. The first-order valence-electron chi connectivity index (χ1n) is 5.59. The molecule has 1 aromatic carbocycles. The molecule has 0 saturated heterocycles. The highest BCUT2D eigenvalue weighted by atomic mass is 35.5. The van der Waals surface area contributed by atoms with Crippen LogP contribution in [0.25, 0.3) is 0 Å². The summed E-state index contributed by atoms with van der Waals surface area (Å²) in [5.74, 6) is -0.572. The summed E-state index contributed by atoms with van der Waals surface area (Å²) in [4.78, 5) is 0. The third kappa shape index (κ3) is 5.18. The summed E-state index contributed by atoms with van der Waals surface area (Å²) < 4.78 is 23.4. The van der Waals surface area contributed by atoms with E-state index in [2.05, 4.69) is 5.32 Å². The van der Waals surface area contributed by atoms with E-state index in [0.717, 1.165) is 0 Å². The van der Waals surface area contributed by atoms with Gasteiger partial charge in [0, 0.05) is 20.2 Å². The predicted molar refractivity (Wildman–Crippen MR) is 67.7 cm³/mol. The van der Waals surface area contributed by atoms with Crippen molar-refractivity contribution < 1.29 is 19.0 Å². The van der Waals surface area contributed by atoms with E-state index in [1.165, 1.54) is 12.1 Å². The number of methoxy groups -OCH3 is 1. The zero-order valence-corrected chi connectivity index (χ0v) is 10.9. The molecular formula is C12H17ClFNO3. The zero-order chi connectivity index (χ0) is 13.4. The molecule has 102 valence electrons. The minimum Gasteiger partial charge on any atom is -0.488 e. The van der Waals surface area contributed by atoms with E-state index >= 15 is 0 Å². The number of halogens is 2. The van der Waals surface area contributed by atoms with Crippen molar-refractivity contribution in [2.75, 3.05) is 33.4 Å². The van der Waals surface area contributed by atoms with E-state index in [1.54, 1.807) is 13.2 Å². The van der Waals surface area contributed by atoms with Gasteiger partial charge >= 0.3 is 0 Å². The van der Waals surface area contributed by atoms with Crippen LogP contribution in [0.3, 0.4) is 0 Å². The van der Waals surface area contributed by atoms with Crippen LogP contribution in [0.2, 0.25) is 5.02 Å². The van der Waals surface area contributed by atoms with Gasteiger partial charge in [0.2, 0.25) is 0 Å². The highest BCUT2D eigenvalue weighted by Gasteiger charge is 2.10. The van der Waals surface area contributed by atoms with Crippen LogP contribution in [0.15, 0.2) is 18.2 Å². The number of aliphatic hydroxyl groups excluding tert-OH is 1. The molecule has 0 aliphatic rings. The van der Waals surface area contributed by atoms with Crippen LogP contribution in [0, 0.1) is 5.82 Å². The summed E-state index contributed by atoms with van der Waals surface area (Å²) in [7, 11) is 1.60. The van der Waals surface area contributed by atoms with Gasteiger partial charge in [0.15, 0.2) is 11.6 Å². The Morgan fingerprint density at radius 1 is 1.50 bits per heavy atom. The van der Waals surface area contributed by atoms with Crippen molar-refractivity contribution in [1.29, 1.82) is 0 Å². The molecule has 1 rings (SSSR count). The first-order valence-corrected chi connectivity index (χ1v) is 5.97. The van der Waals surface area contributed by atoms with Crippen LogP contribution in [0.4, 0.5) is 4.39 Å². The smallest absolute Gasteiger partial charge is 0.183 e. The molecular weight excluding hydrogens is 261 g/mol. The van der Waals surface area contributed by atoms with Gasteiger partial charge in [-0.25, -0.2) is 4.39 Å². The lowest BCUT2D eigenvalue weighted by molar-refractivity contribution is 0.101. The third-order valence-electron chi connectivity index (χ3n) is 2.21. The molecule has 0 bridgehead atoms. The van der Waals surface area contributed by atoms with Gasteiger partial charge in [-0.15, -0.1) is 0 Å². The monoisotopic (exact) mass is 277 g/mol. The Morgan fingerprint density at radius 3 is 3.00 bits per heavy atom. The van der Waals surface area contributed by atoms with Crippen molar-refractivity contribution in [1.82, 2.24) is 5.32 Å². The molecule has 0 aromatic heterocycles. The average Bonchev–Trinajstić information content (AvgIpc) is 2.36. The third-order valence-corrected chi connectivity index (χ3v) is 2.50. The van der Waals surface area contributed by atoms with E-state index in [4.69, 9.17) is 21.1 Å². The van der Waals surface area contributed by atoms with E-state index in [9.17, 15) is 9.50 Å². The van der Waals surface area contributed by atoms with E-state index in [-0.39, 0.29) is 17.4 Å². The Hall–Kier alpha value is -0.880. The van der Waals surface area contributed by atoms with E-state index in [0.29, 0.717) is 19.7 Å². The van der Waals surface area contributed by atoms with Crippen LogP contribution in [0.1, 0.15) is 0 Å². The second-order valence-corrected chi connectivity index (χ2v) is 4.12. The lowest BCUT2D eigenvalue weighted by atomic mass is 10.3. The fourth-order valence-electron chi connectivity index (χ4n) is 1.28. The summed E-state index contributed by atoms with van der Waals surface area (Å²) in [6.45, 7) is 1.55. The van der Waals surface area contributed by atoms with Crippen LogP contribution < -0.4 is 10.1 Å². The fourth-order valence-corrected chi connectivity index (χ4v) is 1.45. The van der Waals surface area contributed by atoms with Gasteiger partial charge in [-0.3, -0.25) is 0 Å². The highest BCUT2D eigenvalue weighted by Crippen LogP contribution is 2.23. The van der Waals surface area contributed by atoms with Gasteiger partial charge in [0.1, 0.15) is 12.7 Å². The van der Waals surface area contributed by atoms with Gasteiger partial charge in [-0.05, 0) is 12.1 Å². The van der Waals surface area contributed by atoms with Crippen LogP contribution in [-0.2, 0) is 4.74 Å². The minimum atomic E-state index is -0.722. The van der Waals surface area contributed by atoms with Gasteiger partial charge < -0.3 is 19.9 Å². The van der Waals surface area contributed by atoms with Crippen LogP contribution in [0.5, 0.6) is 5.75 Å². The number of aliphatic hydroxyl groups is 1. The Labute approximate surface area is 111 Å². The molecule has 0 radical (unpaired) electrons. The Balaban J connectivity index is 2.29. The molecule has 2 N–H and O–H groups in total. The maximum absolute atomic E-state index is 13.4. The molecule has 1 unspecified atom stereocenters. The minimum absolute atomic E-state index is 0.000194. The molecule has 0 heterocycles. The Bertz CT molecular complexity index is 365. The maximum Gasteiger partial charge on any atom is 0.183 e. The van der Waals surface area contributed by atoms with Crippen molar-refractivity contribution >= 4 is 11.6 Å². The summed E-state index contributed by atoms with van der Waals surface area (Å²) >= 11 is 5.60. The first-order chi connectivity index (χ1) is 8.65. The van der Waals surface area contributed by atoms with Gasteiger partial charge in [0.25, 0.3) is 0 Å². The normalized spacial score (nSPS) is 12.4. The quantitative estimate of drug-likeness (QED) is 0.707. The first kappa shape index (κ1) is 15.2. The van der Waals surface area contributed by atoms with Crippen LogP contribution >= 0.6 is 11.6 Å². The second kappa shape index (κ2) is 8.26. The number of nitrogens with one attached hydrogen (secondary N) is 1. The van der Waals surface area contributed by atoms with Crippen molar-refractivity contribution in [2.45, 2.75) is 6.10 Å². The van der Waals surface area contributed by atoms with Crippen molar-refractivity contribution in [2.24, 2.45) is 0 Å². The standard InChI is InChI=1S/C12H17ClFNO3/c1-17-6-5-15-7-9(16)8-18-11-4-2-3-10(13)12(11)14/h2-4,9,15-16H,5-8H2,1H3. The summed E-state index contributed by atoms with van der Waals surface area (Å²) in [6, 6.07) is 4.49. The molecule has 0 saturated carbocycles. The largest absolute Gasteiger partial charge is 0.488 e. The number of hydrogen-bond donors (Lipinski definition) is 2. The molecule has 0 spiro atoms. The second-order valence-electron chi connectivity index (χ2n) is 3.71. The van der Waals surface area contributed by atoms with E-state index < -0.39 is 11.9 Å². The Morgan fingerprint density at radius 2 is 2.28 bits per heavy atom. The lowest BCUT2D eigenvalue weighted by Gasteiger charge is -2.13. The molecule has 6 heteroatoms. The van der Waals surface area contributed by atoms with Gasteiger partial charge in [-0.1, -0.05) is 17.7 Å². The SMILES string of the molecule is COCCNCC(O)COc1cccc(Cl)c1F. The van der Waals surface area contributed by atoms with Gasteiger partial charge in [-0.2, -0.15) is 0 Å². The molecule has 0 amide bonds. The molecule has 18 heavy (non-hydrogen) atoms. The fraction of sp³-hybridized carbons (Fsp3) is 0.500. The highest BCUT2D eigenvalue weighted by molar-refractivity contribution is 6.30. The molecule has 1 atom stereocenters. The molecule has 1 aromatic rings. The van der Waals surface area contributed by atoms with Crippen molar-refractivity contribution in [3.63, 3.8) is 0 Å². The molecule has 0 aliphatic heterocycles. The Kier molecular flexibility index (Phi) is 6.97. The number of hydrogen-bond acceptors (Lipinski definition) is 4. The molecule has 0 aliphatic carbocycles. The average molecular weight is 278 g/mol. The van der Waals surface area contributed by atoms with E-state index in [1.807, 2.05) is 0 Å². The summed E-state index contributed by atoms with van der Waals surface area (Å²) in [6.07, 6.45) is -0.722. The predicted octanol–water partition coefficient (Wildman–Crippen LogP) is 1.45. The molecule has 0 fully saturated rings. The maximum atomic E-state index is 13.4. The summed E-state index contributed by atoms with van der Waals surface area (Å²) in [5.41, 5.74) is 0.